The summed E-state index contributed by atoms with van der Waals surface area (Å²) in [7, 11) is 1.51. The van der Waals surface area contributed by atoms with Crippen molar-refractivity contribution in [1.82, 2.24) is 5.32 Å². The molecule has 0 saturated heterocycles. The highest BCUT2D eigenvalue weighted by Gasteiger charge is 2.23. The van der Waals surface area contributed by atoms with Crippen molar-refractivity contribution < 1.29 is 18.7 Å². The Balaban J connectivity index is 0.000000384. The van der Waals surface area contributed by atoms with E-state index < -0.39 is 11.7 Å². The second kappa shape index (κ2) is 14.7. The van der Waals surface area contributed by atoms with Gasteiger partial charge in [-0.2, -0.15) is 8.78 Å². The molecule has 2 N–H and O–H groups in total. The average Bonchev–Trinajstić information content (AvgIpc) is 2.90. The molecule has 3 atom stereocenters. The zero-order chi connectivity index (χ0) is 28.3. The predicted octanol–water partition coefficient (Wildman–Crippen LogP) is 7.52. The van der Waals surface area contributed by atoms with E-state index in [0.717, 1.165) is 17.4 Å². The summed E-state index contributed by atoms with van der Waals surface area (Å²) in [6.07, 6.45) is 4.70. The van der Waals surface area contributed by atoms with Crippen molar-refractivity contribution >= 4 is 32.6 Å². The maximum Gasteiger partial charge on any atom is 0.283 e. The number of aliphatic hydroxyl groups excluding tert-OH is 1. The number of hydrogen-bond acceptors (Lipinski definition) is 3. The quantitative estimate of drug-likeness (QED) is 0.159. The maximum atomic E-state index is 12.8. The number of benzene rings is 3. The number of hydrogen-bond donors (Lipinski definition) is 2. The summed E-state index contributed by atoms with van der Waals surface area (Å²) in [5, 5.41) is 14.5. The first-order valence-electron chi connectivity index (χ1n) is 12.5. The molecule has 0 bridgehead atoms. The van der Waals surface area contributed by atoms with Crippen molar-refractivity contribution in [3.8, 4) is 0 Å². The van der Waals surface area contributed by atoms with Crippen molar-refractivity contribution in [3.05, 3.63) is 107 Å². The predicted molar refractivity (Wildman–Crippen MR) is 158 cm³/mol. The van der Waals surface area contributed by atoms with Gasteiger partial charge in [-0.3, -0.25) is 9.79 Å². The highest BCUT2D eigenvalue weighted by molar-refractivity contribution is 7.17. The molecule has 38 heavy (non-hydrogen) atoms. The standard InChI is InChI=1S/C23H28N2O2.C8H9F2P/c1-5-8-21(24-4)22(13-14-26)25-23(27)18-11-12-20-17(15-18)9-7-10-19(20)16(3)6-2;1-6-2-4-7(5-3-6)8(9,10)11/h5,7-12,15-16,22,26H,1,4,6,13-14H2,2-3H3,(H,25,27);2-5H,11H2,1H3/b21-8-;. The number of aliphatic imine (C=N–C) groups is 1. The molecule has 0 fully saturated rings. The number of allylic oxidation sites excluding steroid dienone is 2. The number of carbonyl (C=O) groups excluding carboxylic acids is 1. The molecule has 0 aliphatic carbocycles. The highest BCUT2D eigenvalue weighted by atomic mass is 31.0. The SMILES string of the molecule is C=C/C=C(\N=C)C(CCO)NC(=O)c1ccc2c(C(C)CC)cccc2c1.Cc1ccc(C(F)(F)P)cc1. The molecule has 1 amide bonds. The van der Waals surface area contributed by atoms with Gasteiger partial charge in [0.15, 0.2) is 0 Å². The first kappa shape index (κ1) is 31.0. The van der Waals surface area contributed by atoms with E-state index in [1.807, 2.05) is 37.3 Å². The van der Waals surface area contributed by atoms with Crippen LogP contribution in [-0.4, -0.2) is 30.4 Å². The van der Waals surface area contributed by atoms with Crippen LogP contribution in [0.3, 0.4) is 0 Å². The Kier molecular flexibility index (Phi) is 12.0. The van der Waals surface area contributed by atoms with Gasteiger partial charge in [-0.1, -0.05) is 89.8 Å². The summed E-state index contributed by atoms with van der Waals surface area (Å²) in [5.74, 6) is 0.260. The van der Waals surface area contributed by atoms with Crippen LogP contribution < -0.4 is 5.32 Å². The molecule has 0 radical (unpaired) electrons. The van der Waals surface area contributed by atoms with E-state index >= 15 is 0 Å². The zero-order valence-corrected chi connectivity index (χ0v) is 23.4. The van der Waals surface area contributed by atoms with E-state index in [9.17, 15) is 18.7 Å². The van der Waals surface area contributed by atoms with Crippen LogP contribution in [0.2, 0.25) is 0 Å². The molecule has 4 nitrogen and oxygen atoms in total. The van der Waals surface area contributed by atoms with E-state index in [0.29, 0.717) is 23.6 Å². The van der Waals surface area contributed by atoms with Gasteiger partial charge < -0.3 is 10.4 Å². The smallest absolute Gasteiger partial charge is 0.283 e. The van der Waals surface area contributed by atoms with Crippen molar-refractivity contribution in [2.45, 2.75) is 51.2 Å². The summed E-state index contributed by atoms with van der Waals surface area (Å²) in [6.45, 7) is 13.4. The Hall–Kier alpha value is -3.21. The number of rotatable bonds is 10. The third kappa shape index (κ3) is 8.68. The van der Waals surface area contributed by atoms with E-state index in [-0.39, 0.29) is 18.1 Å². The Morgan fingerprint density at radius 3 is 2.42 bits per heavy atom. The van der Waals surface area contributed by atoms with Gasteiger partial charge in [0.2, 0.25) is 0 Å². The number of amides is 1. The molecule has 3 rings (SSSR count). The number of aryl methyl sites for hydroxylation is 1. The van der Waals surface area contributed by atoms with Gasteiger partial charge in [0.1, 0.15) is 0 Å². The number of fused-ring (bicyclic) bond motifs is 1. The molecule has 3 aromatic carbocycles. The number of aliphatic hydroxyl groups is 1. The lowest BCUT2D eigenvalue weighted by Crippen LogP contribution is -2.36. The lowest BCUT2D eigenvalue weighted by atomic mass is 9.92. The van der Waals surface area contributed by atoms with Crippen LogP contribution in [0.25, 0.3) is 10.8 Å². The molecule has 3 aromatic rings. The molecular formula is C31H37F2N2O2P. The maximum absolute atomic E-state index is 12.8. The van der Waals surface area contributed by atoms with Crippen LogP contribution in [-0.2, 0) is 5.66 Å². The van der Waals surface area contributed by atoms with E-state index in [4.69, 9.17) is 0 Å². The Bertz CT molecular complexity index is 1270. The van der Waals surface area contributed by atoms with Gasteiger partial charge in [-0.05, 0) is 66.9 Å². The zero-order valence-electron chi connectivity index (χ0n) is 22.3. The van der Waals surface area contributed by atoms with Crippen LogP contribution in [0.5, 0.6) is 0 Å². The third-order valence-electron chi connectivity index (χ3n) is 6.31. The third-order valence-corrected chi connectivity index (χ3v) is 6.64. The second-order valence-corrected chi connectivity index (χ2v) is 9.83. The second-order valence-electron chi connectivity index (χ2n) is 9.11. The summed E-state index contributed by atoms with van der Waals surface area (Å²) < 4.78 is 25.1. The molecule has 0 aliphatic rings. The Morgan fingerprint density at radius 1 is 1.18 bits per heavy atom. The van der Waals surface area contributed by atoms with Gasteiger partial charge in [0.05, 0.1) is 11.7 Å². The van der Waals surface area contributed by atoms with Crippen molar-refractivity contribution in [1.29, 1.82) is 0 Å². The van der Waals surface area contributed by atoms with Crippen molar-refractivity contribution in [3.63, 3.8) is 0 Å². The van der Waals surface area contributed by atoms with Crippen LogP contribution in [0.4, 0.5) is 8.78 Å². The number of carbonyl (C=O) groups is 1. The summed E-state index contributed by atoms with van der Waals surface area (Å²) in [6, 6.07) is 17.8. The van der Waals surface area contributed by atoms with Crippen molar-refractivity contribution in [2.75, 3.05) is 6.61 Å². The largest absolute Gasteiger partial charge is 0.396 e. The minimum absolute atomic E-state index is 0.0353. The lowest BCUT2D eigenvalue weighted by molar-refractivity contribution is 0.0937. The van der Waals surface area contributed by atoms with Crippen molar-refractivity contribution in [2.24, 2.45) is 4.99 Å². The highest BCUT2D eigenvalue weighted by Crippen LogP contribution is 2.34. The van der Waals surface area contributed by atoms with Gasteiger partial charge >= 0.3 is 0 Å². The number of nitrogens with zero attached hydrogens (tertiary/aromatic N) is 1. The Morgan fingerprint density at radius 2 is 1.87 bits per heavy atom. The summed E-state index contributed by atoms with van der Waals surface area (Å²) >= 11 is 0. The first-order chi connectivity index (χ1) is 18.0. The molecule has 202 valence electrons. The van der Waals surface area contributed by atoms with E-state index in [2.05, 4.69) is 43.5 Å². The molecule has 0 aliphatic heterocycles. The van der Waals surface area contributed by atoms with E-state index in [1.54, 1.807) is 24.3 Å². The fraction of sp³-hybridized carbons (Fsp3) is 0.290. The molecular weight excluding hydrogens is 501 g/mol. The summed E-state index contributed by atoms with van der Waals surface area (Å²) in [4.78, 5) is 16.7. The molecule has 0 aromatic heterocycles. The van der Waals surface area contributed by atoms with Gasteiger partial charge in [-0.25, -0.2) is 0 Å². The first-order valence-corrected chi connectivity index (χ1v) is 13.1. The van der Waals surface area contributed by atoms with Crippen LogP contribution in [0, 0.1) is 6.92 Å². The van der Waals surface area contributed by atoms with E-state index in [1.165, 1.54) is 32.3 Å². The van der Waals surface area contributed by atoms with Crippen LogP contribution in [0.1, 0.15) is 59.7 Å². The molecule has 7 heteroatoms. The number of alkyl halides is 2. The topological polar surface area (TPSA) is 61.7 Å². The lowest BCUT2D eigenvalue weighted by Gasteiger charge is -2.19. The number of nitrogens with one attached hydrogen (secondary N) is 1. The molecule has 3 unspecified atom stereocenters. The van der Waals surface area contributed by atoms with Gasteiger partial charge in [0.25, 0.3) is 11.6 Å². The molecule has 0 spiro atoms. The monoisotopic (exact) mass is 538 g/mol. The fourth-order valence-corrected chi connectivity index (χ4v) is 4.13. The van der Waals surface area contributed by atoms with Gasteiger partial charge in [-0.15, -0.1) is 0 Å². The molecule has 0 heterocycles. The molecule has 0 saturated carbocycles. The normalized spacial score (nSPS) is 13.2. The number of halogens is 2. The minimum Gasteiger partial charge on any atom is -0.396 e. The minimum atomic E-state index is -2.80. The fourth-order valence-electron chi connectivity index (χ4n) is 3.94. The van der Waals surface area contributed by atoms with Crippen LogP contribution >= 0.6 is 9.24 Å². The van der Waals surface area contributed by atoms with Crippen LogP contribution in [0.15, 0.2) is 90.1 Å². The Labute approximate surface area is 226 Å². The van der Waals surface area contributed by atoms with Gasteiger partial charge in [0, 0.05) is 17.7 Å². The summed E-state index contributed by atoms with van der Waals surface area (Å²) in [5.41, 5.74) is 0.678. The average molecular weight is 539 g/mol.